The molecule has 4 heteroatoms. The molecule has 0 saturated carbocycles. The molecule has 0 aromatic heterocycles. The van der Waals surface area contributed by atoms with E-state index in [-0.39, 0.29) is 45.9 Å². The minimum Gasteiger partial charge on any atom is -1.00 e. The summed E-state index contributed by atoms with van der Waals surface area (Å²) in [6.07, 6.45) is 2.08. The fourth-order valence-corrected chi connectivity index (χ4v) is 0.840. The first-order chi connectivity index (χ1) is 5.83. The van der Waals surface area contributed by atoms with E-state index in [1.54, 1.807) is 6.07 Å². The van der Waals surface area contributed by atoms with Crippen LogP contribution < -0.4 is 21.7 Å². The molecule has 0 saturated heterocycles. The quantitative estimate of drug-likeness (QED) is 0.405. The summed E-state index contributed by atoms with van der Waals surface area (Å²) in [7, 11) is 0. The molecular formula is C10H12BrFMgO. The molecule has 1 nitrogen and oxygen atoms in total. The molecule has 0 aliphatic carbocycles. The Bertz CT molecular complexity index is 245. The molecule has 0 amide bonds. The predicted molar refractivity (Wildman–Crippen MR) is 51.4 cm³/mol. The first kappa shape index (κ1) is 16.6. The second-order valence-electron chi connectivity index (χ2n) is 2.59. The van der Waals surface area contributed by atoms with Crippen LogP contribution in [0.15, 0.2) is 18.2 Å². The Morgan fingerprint density at radius 2 is 2.14 bits per heavy atom. The Morgan fingerprint density at radius 3 is 2.71 bits per heavy atom. The van der Waals surface area contributed by atoms with Crippen LogP contribution in [0.5, 0.6) is 5.75 Å². The molecule has 0 unspecified atom stereocenters. The maximum absolute atomic E-state index is 12.6. The van der Waals surface area contributed by atoms with Gasteiger partial charge in [0, 0.05) is 11.6 Å². The zero-order valence-corrected chi connectivity index (χ0v) is 11.2. The molecule has 0 aliphatic rings. The van der Waals surface area contributed by atoms with Crippen LogP contribution >= 0.6 is 0 Å². The van der Waals surface area contributed by atoms with Gasteiger partial charge < -0.3 is 21.7 Å². The van der Waals surface area contributed by atoms with Crippen molar-refractivity contribution < 1.29 is 26.1 Å². The average Bonchev–Trinajstić information content (AvgIpc) is 2.05. The maximum Gasteiger partial charge on any atom is 2.00 e. The van der Waals surface area contributed by atoms with Crippen LogP contribution in [0.4, 0.5) is 4.39 Å². The van der Waals surface area contributed by atoms with Gasteiger partial charge in [-0.25, -0.2) is 0 Å². The van der Waals surface area contributed by atoms with Gasteiger partial charge in [0.15, 0.2) is 0 Å². The topological polar surface area (TPSA) is 9.23 Å². The third kappa shape index (κ3) is 6.62. The Kier molecular flexibility index (Phi) is 11.6. The monoisotopic (exact) mass is 270 g/mol. The van der Waals surface area contributed by atoms with Crippen molar-refractivity contribution in [1.29, 1.82) is 0 Å². The molecule has 0 heterocycles. The normalized spacial score (nSPS) is 8.43. The number of unbranched alkanes of at least 4 members (excludes halogenated alkanes) is 1. The minimum absolute atomic E-state index is 0. The summed E-state index contributed by atoms with van der Waals surface area (Å²) in [5.74, 6) is 0.257. The number of benzene rings is 1. The average molecular weight is 271 g/mol. The minimum atomic E-state index is -0.302. The molecular weight excluding hydrogens is 259 g/mol. The SMILES string of the molecule is CCCCOc1c[c-]cc(F)c1.[Br-].[Mg+2]. The van der Waals surface area contributed by atoms with Crippen LogP contribution in [0.1, 0.15) is 19.8 Å². The number of halogens is 2. The summed E-state index contributed by atoms with van der Waals surface area (Å²) in [5.41, 5.74) is 0. The standard InChI is InChI=1S/C10H12FO.BrH.Mg/c1-2-3-7-12-10-6-4-5-9(11)8-10;;/h5-6,8H,2-3,7H2,1H3;1H;/q-1;;+2/p-1. The Hall–Kier alpha value is 0.196. The maximum atomic E-state index is 12.6. The van der Waals surface area contributed by atoms with E-state index in [1.165, 1.54) is 12.1 Å². The first-order valence-corrected chi connectivity index (χ1v) is 4.12. The van der Waals surface area contributed by atoms with Gasteiger partial charge in [0.05, 0.1) is 6.61 Å². The number of hydrogen-bond acceptors (Lipinski definition) is 1. The van der Waals surface area contributed by atoms with Crippen LogP contribution in [0, 0.1) is 11.9 Å². The van der Waals surface area contributed by atoms with E-state index in [4.69, 9.17) is 4.74 Å². The van der Waals surface area contributed by atoms with Crippen molar-refractivity contribution in [3.8, 4) is 5.75 Å². The zero-order chi connectivity index (χ0) is 8.81. The van der Waals surface area contributed by atoms with Crippen LogP contribution in [-0.4, -0.2) is 29.7 Å². The van der Waals surface area contributed by atoms with E-state index in [0.717, 1.165) is 12.8 Å². The smallest absolute Gasteiger partial charge is 1.00 e. The molecule has 0 aliphatic heterocycles. The van der Waals surface area contributed by atoms with E-state index >= 15 is 0 Å². The van der Waals surface area contributed by atoms with E-state index in [9.17, 15) is 4.39 Å². The molecule has 14 heavy (non-hydrogen) atoms. The fraction of sp³-hybridized carbons (Fsp3) is 0.400. The van der Waals surface area contributed by atoms with Crippen molar-refractivity contribution in [3.63, 3.8) is 0 Å². The molecule has 0 fully saturated rings. The Morgan fingerprint density at radius 1 is 1.43 bits per heavy atom. The van der Waals surface area contributed by atoms with Crippen LogP contribution in [0.25, 0.3) is 0 Å². The molecule has 0 spiro atoms. The number of rotatable bonds is 4. The second kappa shape index (κ2) is 9.74. The van der Waals surface area contributed by atoms with Gasteiger partial charge in [0.25, 0.3) is 0 Å². The van der Waals surface area contributed by atoms with Gasteiger partial charge >= 0.3 is 23.1 Å². The molecule has 0 bridgehead atoms. The van der Waals surface area contributed by atoms with Gasteiger partial charge in [0.2, 0.25) is 0 Å². The van der Waals surface area contributed by atoms with Crippen molar-refractivity contribution in [2.75, 3.05) is 6.61 Å². The van der Waals surface area contributed by atoms with E-state index in [0.29, 0.717) is 12.4 Å². The number of ether oxygens (including phenoxy) is 1. The largest absolute Gasteiger partial charge is 2.00 e. The van der Waals surface area contributed by atoms with Gasteiger partial charge in [-0.2, -0.15) is 6.07 Å². The van der Waals surface area contributed by atoms with Gasteiger partial charge in [-0.3, -0.25) is 4.39 Å². The third-order valence-electron chi connectivity index (χ3n) is 1.49. The van der Waals surface area contributed by atoms with E-state index < -0.39 is 0 Å². The van der Waals surface area contributed by atoms with Crippen molar-refractivity contribution in [2.24, 2.45) is 0 Å². The Balaban J connectivity index is 0. The Labute approximate surface area is 111 Å². The summed E-state index contributed by atoms with van der Waals surface area (Å²) in [6, 6.07) is 6.95. The summed E-state index contributed by atoms with van der Waals surface area (Å²) < 4.78 is 17.8. The summed E-state index contributed by atoms with van der Waals surface area (Å²) in [4.78, 5) is 0. The molecule has 0 radical (unpaired) electrons. The molecule has 74 valence electrons. The number of hydrogen-bond donors (Lipinski definition) is 0. The van der Waals surface area contributed by atoms with Crippen LogP contribution in [-0.2, 0) is 0 Å². The molecule has 0 N–H and O–H groups in total. The second-order valence-corrected chi connectivity index (χ2v) is 2.59. The third-order valence-corrected chi connectivity index (χ3v) is 1.49. The van der Waals surface area contributed by atoms with E-state index in [2.05, 4.69) is 13.0 Å². The van der Waals surface area contributed by atoms with Gasteiger partial charge in [0.1, 0.15) is 0 Å². The molecule has 1 aromatic rings. The van der Waals surface area contributed by atoms with E-state index in [1.807, 2.05) is 0 Å². The van der Waals surface area contributed by atoms with Gasteiger partial charge in [-0.1, -0.05) is 19.4 Å². The first-order valence-electron chi connectivity index (χ1n) is 4.12. The van der Waals surface area contributed by atoms with Crippen molar-refractivity contribution in [1.82, 2.24) is 0 Å². The zero-order valence-electron chi connectivity index (χ0n) is 8.22. The fourth-order valence-electron chi connectivity index (χ4n) is 0.840. The van der Waals surface area contributed by atoms with Crippen molar-refractivity contribution in [2.45, 2.75) is 19.8 Å². The predicted octanol–water partition coefficient (Wildman–Crippen LogP) is -0.572. The summed E-state index contributed by atoms with van der Waals surface area (Å²) in [5, 5.41) is 0. The summed E-state index contributed by atoms with van der Waals surface area (Å²) >= 11 is 0. The van der Waals surface area contributed by atoms with Crippen molar-refractivity contribution >= 4 is 23.1 Å². The molecule has 1 aromatic carbocycles. The van der Waals surface area contributed by atoms with Crippen LogP contribution in [0.3, 0.4) is 0 Å². The summed E-state index contributed by atoms with van der Waals surface area (Å²) in [6.45, 7) is 2.73. The van der Waals surface area contributed by atoms with Crippen LogP contribution in [0.2, 0.25) is 0 Å². The molecule has 1 rings (SSSR count). The van der Waals surface area contributed by atoms with Gasteiger partial charge in [-0.15, -0.1) is 12.1 Å². The van der Waals surface area contributed by atoms with Crippen molar-refractivity contribution in [3.05, 3.63) is 30.1 Å². The molecule has 0 atom stereocenters. The van der Waals surface area contributed by atoms with Gasteiger partial charge in [-0.05, 0) is 6.42 Å².